The molecule has 3 nitrogen and oxygen atoms in total. The van der Waals surface area contributed by atoms with Gasteiger partial charge in [0.1, 0.15) is 0 Å². The molecule has 0 spiro atoms. The van der Waals surface area contributed by atoms with Gasteiger partial charge in [-0.2, -0.15) is 0 Å². The van der Waals surface area contributed by atoms with Crippen molar-refractivity contribution in [3.63, 3.8) is 0 Å². The second-order valence-corrected chi connectivity index (χ2v) is 14.7. The van der Waals surface area contributed by atoms with E-state index in [1.54, 1.807) is 0 Å². The minimum atomic E-state index is 0.677. The molecule has 0 radical (unpaired) electrons. The highest BCUT2D eigenvalue weighted by Gasteiger charge is 2.25. The number of hydrogen-bond acceptors (Lipinski definition) is 3. The van der Waals surface area contributed by atoms with Crippen LogP contribution in [0.4, 0.5) is 0 Å². The number of aromatic nitrogens is 3. The maximum Gasteiger partial charge on any atom is 0.235 e. The first kappa shape index (κ1) is 28.1. The molecule has 0 amide bonds. The van der Waals surface area contributed by atoms with Gasteiger partial charge in [-0.1, -0.05) is 146 Å². The zero-order chi connectivity index (χ0) is 33.9. The summed E-state index contributed by atoms with van der Waals surface area (Å²) >= 11 is 1.86. The van der Waals surface area contributed by atoms with Gasteiger partial charge in [0.05, 0.1) is 26.9 Å². The molecule has 0 aliphatic carbocycles. The number of nitrogens with zero attached hydrogens (tertiary/aromatic N) is 3. The highest BCUT2D eigenvalue weighted by Crippen LogP contribution is 2.48. The molecular weight excluding hydrogens is 651 g/mol. The molecule has 0 saturated heterocycles. The lowest BCUT2D eigenvalue weighted by Gasteiger charge is -2.16. The van der Waals surface area contributed by atoms with Crippen LogP contribution in [0.3, 0.4) is 0 Å². The normalized spacial score (nSPS) is 12.2. The Labute approximate surface area is 301 Å². The standard InChI is InChI=1S/C48H27N3S/c1-2-14-29-27-30(26-25-28(29)13-1)44-43-33-17-5-3-15-31(33)32-16-4-8-20-36(32)45(43)50-48(49-44)51-39-23-11-9-21-37(39)41-34-18-6-7-19-35(34)42-38-22-10-12-24-40(38)52-47(42)46(41)51/h1-27H. The fraction of sp³-hybridized carbons (Fsp3) is 0. The van der Waals surface area contributed by atoms with Gasteiger partial charge in [0.15, 0.2) is 0 Å². The zero-order valence-corrected chi connectivity index (χ0v) is 28.7. The van der Waals surface area contributed by atoms with E-state index in [0.29, 0.717) is 5.95 Å². The molecule has 0 fully saturated rings. The minimum absolute atomic E-state index is 0.677. The first-order valence-electron chi connectivity index (χ1n) is 17.7. The highest BCUT2D eigenvalue weighted by molar-refractivity contribution is 7.27. The summed E-state index contributed by atoms with van der Waals surface area (Å²) in [5, 5.41) is 15.7. The Bertz CT molecular complexity index is 3480. The highest BCUT2D eigenvalue weighted by atomic mass is 32.1. The zero-order valence-electron chi connectivity index (χ0n) is 27.8. The van der Waals surface area contributed by atoms with Crippen LogP contribution < -0.4 is 0 Å². The number of para-hydroxylation sites is 1. The van der Waals surface area contributed by atoms with E-state index in [9.17, 15) is 0 Å². The van der Waals surface area contributed by atoms with E-state index >= 15 is 0 Å². The van der Waals surface area contributed by atoms with Gasteiger partial charge in [0.25, 0.3) is 0 Å². The third-order valence-corrected chi connectivity index (χ3v) is 12.1. The number of hydrogen-bond donors (Lipinski definition) is 0. The second kappa shape index (κ2) is 10.5. The molecule has 12 aromatic rings. The minimum Gasteiger partial charge on any atom is -0.276 e. The molecule has 0 N–H and O–H groups in total. The van der Waals surface area contributed by atoms with Crippen molar-refractivity contribution < 1.29 is 0 Å². The van der Waals surface area contributed by atoms with Crippen molar-refractivity contribution in [3.05, 3.63) is 164 Å². The van der Waals surface area contributed by atoms with Gasteiger partial charge in [-0.15, -0.1) is 11.3 Å². The molecule has 4 heteroatoms. The van der Waals surface area contributed by atoms with Crippen LogP contribution in [-0.2, 0) is 0 Å². The predicted octanol–water partition coefficient (Wildman–Crippen LogP) is 13.4. The Kier molecular flexibility index (Phi) is 5.65. The maximum atomic E-state index is 5.67. The summed E-state index contributed by atoms with van der Waals surface area (Å²) < 4.78 is 4.88. The van der Waals surface area contributed by atoms with Crippen molar-refractivity contribution in [2.45, 2.75) is 0 Å². The summed E-state index contributed by atoms with van der Waals surface area (Å²) in [6.45, 7) is 0. The van der Waals surface area contributed by atoms with E-state index in [-0.39, 0.29) is 0 Å². The molecule has 52 heavy (non-hydrogen) atoms. The molecule has 12 rings (SSSR count). The molecule has 0 bridgehead atoms. The van der Waals surface area contributed by atoms with Crippen molar-refractivity contribution in [3.8, 4) is 17.2 Å². The lowest BCUT2D eigenvalue weighted by molar-refractivity contribution is 1.02. The van der Waals surface area contributed by atoms with Crippen molar-refractivity contribution >= 4 is 107 Å². The van der Waals surface area contributed by atoms with Gasteiger partial charge in [0.2, 0.25) is 5.95 Å². The number of fused-ring (bicyclic) bond motifs is 17. The molecule has 0 unspecified atom stereocenters. The van der Waals surface area contributed by atoms with E-state index in [2.05, 4.69) is 168 Å². The van der Waals surface area contributed by atoms with E-state index in [1.165, 1.54) is 63.3 Å². The molecule has 240 valence electrons. The number of benzene rings is 9. The lowest BCUT2D eigenvalue weighted by atomic mass is 9.94. The molecule has 0 saturated carbocycles. The predicted molar refractivity (Wildman–Crippen MR) is 222 cm³/mol. The molecule has 3 aromatic heterocycles. The molecule has 0 atom stereocenters. The van der Waals surface area contributed by atoms with Gasteiger partial charge < -0.3 is 0 Å². The van der Waals surface area contributed by atoms with Crippen molar-refractivity contribution in [1.29, 1.82) is 0 Å². The Morgan fingerprint density at radius 2 is 1.00 bits per heavy atom. The van der Waals surface area contributed by atoms with Crippen LogP contribution in [0.1, 0.15) is 0 Å². The van der Waals surface area contributed by atoms with Gasteiger partial charge in [0, 0.05) is 42.6 Å². The van der Waals surface area contributed by atoms with Crippen molar-refractivity contribution in [2.75, 3.05) is 0 Å². The van der Waals surface area contributed by atoms with Crippen molar-refractivity contribution in [1.82, 2.24) is 14.5 Å². The molecular formula is C48H27N3S. The molecule has 0 aliphatic heterocycles. The lowest BCUT2D eigenvalue weighted by Crippen LogP contribution is -2.04. The summed E-state index contributed by atoms with van der Waals surface area (Å²) in [4.78, 5) is 11.3. The van der Waals surface area contributed by atoms with Gasteiger partial charge in [-0.25, -0.2) is 9.97 Å². The fourth-order valence-electron chi connectivity index (χ4n) is 8.74. The monoisotopic (exact) mass is 677 g/mol. The van der Waals surface area contributed by atoms with E-state index in [4.69, 9.17) is 9.97 Å². The Morgan fingerprint density at radius 3 is 1.79 bits per heavy atom. The van der Waals surface area contributed by atoms with Gasteiger partial charge in [-0.3, -0.25) is 4.57 Å². The summed E-state index contributed by atoms with van der Waals surface area (Å²) in [5.41, 5.74) is 5.23. The Balaban J connectivity index is 1.33. The van der Waals surface area contributed by atoms with Crippen LogP contribution in [-0.4, -0.2) is 14.5 Å². The average molecular weight is 678 g/mol. The van der Waals surface area contributed by atoms with Crippen LogP contribution in [0.15, 0.2) is 164 Å². The first-order chi connectivity index (χ1) is 25.8. The summed E-state index contributed by atoms with van der Waals surface area (Å²) in [5.74, 6) is 0.677. The molecule has 0 aliphatic rings. The first-order valence-corrected chi connectivity index (χ1v) is 18.5. The van der Waals surface area contributed by atoms with E-state index in [1.807, 2.05) is 11.3 Å². The van der Waals surface area contributed by atoms with Gasteiger partial charge >= 0.3 is 0 Å². The number of thiophene rings is 1. The quantitative estimate of drug-likeness (QED) is 0.171. The topological polar surface area (TPSA) is 30.7 Å². The van der Waals surface area contributed by atoms with Gasteiger partial charge in [-0.05, 0) is 55.9 Å². The third-order valence-electron chi connectivity index (χ3n) is 10.9. The third kappa shape index (κ3) is 3.74. The van der Waals surface area contributed by atoms with Crippen molar-refractivity contribution in [2.24, 2.45) is 0 Å². The van der Waals surface area contributed by atoms with Crippen LogP contribution in [0, 0.1) is 0 Å². The van der Waals surface area contributed by atoms with E-state index < -0.39 is 0 Å². The average Bonchev–Trinajstić information content (AvgIpc) is 3.78. The summed E-state index contributed by atoms with van der Waals surface area (Å²) in [6.07, 6.45) is 0. The second-order valence-electron chi connectivity index (χ2n) is 13.7. The molecule has 9 aromatic carbocycles. The van der Waals surface area contributed by atoms with Crippen LogP contribution in [0.25, 0.3) is 113 Å². The smallest absolute Gasteiger partial charge is 0.235 e. The Hall–Kier alpha value is -6.62. The SMILES string of the molecule is c1ccc2cc(-c3nc(-n4c5ccccc5c5c6ccccc6c6c7ccccc7sc6c54)nc4c5ccccc5c5ccccc5c34)ccc2c1. The van der Waals surface area contributed by atoms with E-state index in [0.717, 1.165) is 44.0 Å². The fourth-order valence-corrected chi connectivity index (χ4v) is 10.00. The van der Waals surface area contributed by atoms with Crippen LogP contribution >= 0.6 is 11.3 Å². The number of rotatable bonds is 2. The van der Waals surface area contributed by atoms with Crippen LogP contribution in [0.5, 0.6) is 0 Å². The molecule has 3 heterocycles. The summed E-state index contributed by atoms with van der Waals surface area (Å²) in [6, 6.07) is 59.2. The Morgan fingerprint density at radius 1 is 0.423 bits per heavy atom. The largest absolute Gasteiger partial charge is 0.276 e. The maximum absolute atomic E-state index is 5.67. The van der Waals surface area contributed by atoms with Crippen LogP contribution in [0.2, 0.25) is 0 Å². The summed E-state index contributed by atoms with van der Waals surface area (Å²) in [7, 11) is 0.